The molecule has 0 amide bonds. The van der Waals surface area contributed by atoms with Crippen LogP contribution < -0.4 is 0 Å². The average Bonchev–Trinajstić information content (AvgIpc) is 2.78. The van der Waals surface area contributed by atoms with Gasteiger partial charge in [0.15, 0.2) is 0 Å². The Morgan fingerprint density at radius 2 is 2.00 bits per heavy atom. The van der Waals surface area contributed by atoms with Gasteiger partial charge in [-0.05, 0) is 30.3 Å². The summed E-state index contributed by atoms with van der Waals surface area (Å²) in [6.45, 7) is 0.0214. The largest absolute Gasteiger partial charge is 0.392 e. The summed E-state index contributed by atoms with van der Waals surface area (Å²) in [5.74, 6) is 0. The molecule has 0 saturated carbocycles. The number of aliphatic hydroxyl groups is 1. The standard InChI is InChI=1S/C14H12N2O/c17-10-11-9-12-5-2-4-8-16(12)14(11)13-6-1-3-7-15-13/h1-9,17H,10H2. The SMILES string of the molecule is OCc1cc2ccccn2c1-c1ccccn1. The molecule has 3 nitrogen and oxygen atoms in total. The molecule has 0 bridgehead atoms. The first-order valence-electron chi connectivity index (χ1n) is 5.51. The highest BCUT2D eigenvalue weighted by Gasteiger charge is 2.11. The summed E-state index contributed by atoms with van der Waals surface area (Å²) in [7, 11) is 0. The van der Waals surface area contributed by atoms with Gasteiger partial charge >= 0.3 is 0 Å². The van der Waals surface area contributed by atoms with Crippen molar-refractivity contribution in [1.82, 2.24) is 9.38 Å². The second kappa shape index (κ2) is 4.03. The molecule has 0 radical (unpaired) electrons. The molecule has 3 rings (SSSR count). The van der Waals surface area contributed by atoms with Crippen LogP contribution in [0.3, 0.4) is 0 Å². The van der Waals surface area contributed by atoms with Gasteiger partial charge in [0.05, 0.1) is 18.0 Å². The van der Waals surface area contributed by atoms with Crippen LogP contribution in [0.1, 0.15) is 5.56 Å². The summed E-state index contributed by atoms with van der Waals surface area (Å²) < 4.78 is 2.05. The van der Waals surface area contributed by atoms with Crippen LogP contribution in [0.15, 0.2) is 54.9 Å². The third-order valence-corrected chi connectivity index (χ3v) is 2.84. The van der Waals surface area contributed by atoms with Crippen LogP contribution in [0.4, 0.5) is 0 Å². The molecule has 0 saturated heterocycles. The normalized spacial score (nSPS) is 10.9. The molecule has 84 valence electrons. The van der Waals surface area contributed by atoms with E-state index in [0.717, 1.165) is 22.5 Å². The smallest absolute Gasteiger partial charge is 0.0873 e. The molecule has 1 N–H and O–H groups in total. The molecule has 0 atom stereocenters. The Hall–Kier alpha value is -2.13. The Balaban J connectivity index is 2.34. The zero-order valence-electron chi connectivity index (χ0n) is 9.24. The number of hydrogen-bond donors (Lipinski definition) is 1. The van der Waals surface area contributed by atoms with E-state index in [4.69, 9.17) is 0 Å². The van der Waals surface area contributed by atoms with E-state index in [-0.39, 0.29) is 6.61 Å². The molecule has 0 spiro atoms. The second-order valence-corrected chi connectivity index (χ2v) is 3.89. The minimum atomic E-state index is 0.0214. The van der Waals surface area contributed by atoms with Crippen molar-refractivity contribution in [2.45, 2.75) is 6.61 Å². The van der Waals surface area contributed by atoms with Crippen LogP contribution in [0.5, 0.6) is 0 Å². The Bertz CT molecular complexity index is 644. The summed E-state index contributed by atoms with van der Waals surface area (Å²) in [5, 5.41) is 9.44. The predicted molar refractivity (Wildman–Crippen MR) is 66.6 cm³/mol. The molecule has 3 aromatic heterocycles. The minimum absolute atomic E-state index is 0.0214. The number of pyridine rings is 2. The number of fused-ring (bicyclic) bond motifs is 1. The third kappa shape index (κ3) is 1.61. The molecule has 3 heteroatoms. The quantitative estimate of drug-likeness (QED) is 0.726. The van der Waals surface area contributed by atoms with Crippen molar-refractivity contribution < 1.29 is 5.11 Å². The second-order valence-electron chi connectivity index (χ2n) is 3.89. The molecule has 0 aliphatic rings. The summed E-state index contributed by atoms with van der Waals surface area (Å²) in [6, 6.07) is 13.8. The third-order valence-electron chi connectivity index (χ3n) is 2.84. The van der Waals surface area contributed by atoms with Gasteiger partial charge in [0.25, 0.3) is 0 Å². The highest BCUT2D eigenvalue weighted by atomic mass is 16.3. The first-order chi connectivity index (χ1) is 8.40. The lowest BCUT2D eigenvalue weighted by molar-refractivity contribution is 0.282. The fourth-order valence-electron chi connectivity index (χ4n) is 2.09. The summed E-state index contributed by atoms with van der Waals surface area (Å²) in [4.78, 5) is 4.35. The van der Waals surface area contributed by atoms with Gasteiger partial charge in [-0.3, -0.25) is 4.98 Å². The monoisotopic (exact) mass is 224 g/mol. The number of aliphatic hydroxyl groups excluding tert-OH is 1. The zero-order valence-corrected chi connectivity index (χ0v) is 9.24. The average molecular weight is 224 g/mol. The van der Waals surface area contributed by atoms with Crippen LogP contribution in [0, 0.1) is 0 Å². The van der Waals surface area contributed by atoms with E-state index in [9.17, 15) is 5.11 Å². The molecule has 3 aromatic rings. The van der Waals surface area contributed by atoms with Crippen LogP contribution in [0.2, 0.25) is 0 Å². The Kier molecular flexibility index (Phi) is 2.38. The van der Waals surface area contributed by atoms with Gasteiger partial charge in [0.2, 0.25) is 0 Å². The lowest BCUT2D eigenvalue weighted by Gasteiger charge is -2.04. The van der Waals surface area contributed by atoms with E-state index in [1.165, 1.54) is 0 Å². The Morgan fingerprint density at radius 3 is 2.76 bits per heavy atom. The van der Waals surface area contributed by atoms with Gasteiger partial charge in [-0.1, -0.05) is 12.1 Å². The maximum Gasteiger partial charge on any atom is 0.0873 e. The summed E-state index contributed by atoms with van der Waals surface area (Å²) in [5.41, 5.74) is 3.80. The highest BCUT2D eigenvalue weighted by Crippen LogP contribution is 2.25. The Labute approximate surface area is 99.0 Å². The van der Waals surface area contributed by atoms with Crippen molar-refractivity contribution in [3.63, 3.8) is 0 Å². The van der Waals surface area contributed by atoms with Gasteiger partial charge in [-0.25, -0.2) is 0 Å². The van der Waals surface area contributed by atoms with E-state index in [2.05, 4.69) is 4.98 Å². The number of hydrogen-bond acceptors (Lipinski definition) is 2. The molecule has 0 fully saturated rings. The molecular weight excluding hydrogens is 212 g/mol. The molecular formula is C14H12N2O. The molecule has 0 aromatic carbocycles. The van der Waals surface area contributed by atoms with E-state index >= 15 is 0 Å². The van der Waals surface area contributed by atoms with Crippen molar-refractivity contribution in [1.29, 1.82) is 0 Å². The van der Waals surface area contributed by atoms with Gasteiger partial charge in [-0.2, -0.15) is 0 Å². The molecule has 0 aliphatic heterocycles. The van der Waals surface area contributed by atoms with Gasteiger partial charge in [0, 0.05) is 23.5 Å². The van der Waals surface area contributed by atoms with E-state index < -0.39 is 0 Å². The van der Waals surface area contributed by atoms with Crippen molar-refractivity contribution in [2.75, 3.05) is 0 Å². The van der Waals surface area contributed by atoms with Crippen LogP contribution >= 0.6 is 0 Å². The fraction of sp³-hybridized carbons (Fsp3) is 0.0714. The van der Waals surface area contributed by atoms with E-state index in [1.807, 2.05) is 53.1 Å². The van der Waals surface area contributed by atoms with Crippen molar-refractivity contribution in [3.05, 3.63) is 60.4 Å². The van der Waals surface area contributed by atoms with E-state index in [0.29, 0.717) is 0 Å². The lowest BCUT2D eigenvalue weighted by atomic mass is 10.2. The van der Waals surface area contributed by atoms with Gasteiger partial charge in [-0.15, -0.1) is 0 Å². The van der Waals surface area contributed by atoms with Crippen molar-refractivity contribution in [3.8, 4) is 11.4 Å². The maximum atomic E-state index is 9.44. The predicted octanol–water partition coefficient (Wildman–Crippen LogP) is 2.49. The zero-order chi connectivity index (χ0) is 11.7. The lowest BCUT2D eigenvalue weighted by Crippen LogP contribution is -1.92. The summed E-state index contributed by atoms with van der Waals surface area (Å²) in [6.07, 6.45) is 3.75. The molecule has 0 aliphatic carbocycles. The first-order valence-corrected chi connectivity index (χ1v) is 5.51. The van der Waals surface area contributed by atoms with Gasteiger partial charge in [0.1, 0.15) is 0 Å². The topological polar surface area (TPSA) is 37.5 Å². The number of nitrogens with zero attached hydrogens (tertiary/aromatic N) is 2. The molecule has 0 unspecified atom stereocenters. The fourth-order valence-corrected chi connectivity index (χ4v) is 2.09. The van der Waals surface area contributed by atoms with Gasteiger partial charge < -0.3 is 9.51 Å². The number of aromatic nitrogens is 2. The first kappa shape index (κ1) is 10.1. The van der Waals surface area contributed by atoms with E-state index in [1.54, 1.807) is 6.20 Å². The minimum Gasteiger partial charge on any atom is -0.392 e. The molecule has 3 heterocycles. The van der Waals surface area contributed by atoms with Crippen LogP contribution in [0.25, 0.3) is 16.9 Å². The van der Waals surface area contributed by atoms with Crippen LogP contribution in [-0.4, -0.2) is 14.5 Å². The Morgan fingerprint density at radius 1 is 1.12 bits per heavy atom. The van der Waals surface area contributed by atoms with Crippen molar-refractivity contribution >= 4 is 5.52 Å². The highest BCUT2D eigenvalue weighted by molar-refractivity contribution is 5.69. The summed E-state index contributed by atoms with van der Waals surface area (Å²) >= 11 is 0. The van der Waals surface area contributed by atoms with Crippen molar-refractivity contribution in [2.24, 2.45) is 0 Å². The maximum absolute atomic E-state index is 9.44. The molecule has 17 heavy (non-hydrogen) atoms. The number of rotatable bonds is 2. The van der Waals surface area contributed by atoms with Crippen LogP contribution in [-0.2, 0) is 6.61 Å².